The van der Waals surface area contributed by atoms with Gasteiger partial charge in [-0.05, 0) is 28.5 Å². The summed E-state index contributed by atoms with van der Waals surface area (Å²) in [6.07, 6.45) is 0. The molecule has 2 rings (SSSR count). The SMILES string of the molecule is CC(C)c1cccc(C(C)C)c1C1CNC1. The molecule has 0 radical (unpaired) electrons. The minimum atomic E-state index is 0.634. The van der Waals surface area contributed by atoms with Crippen molar-refractivity contribution < 1.29 is 0 Å². The maximum absolute atomic E-state index is 3.39. The summed E-state index contributed by atoms with van der Waals surface area (Å²) in [6, 6.07) is 6.84. The average molecular weight is 217 g/mol. The van der Waals surface area contributed by atoms with E-state index in [1.54, 1.807) is 16.7 Å². The van der Waals surface area contributed by atoms with Crippen LogP contribution in [0.3, 0.4) is 0 Å². The molecular weight excluding hydrogens is 194 g/mol. The van der Waals surface area contributed by atoms with E-state index in [9.17, 15) is 0 Å². The van der Waals surface area contributed by atoms with Crippen LogP contribution in [0.5, 0.6) is 0 Å². The molecule has 1 saturated heterocycles. The molecule has 88 valence electrons. The summed E-state index contributed by atoms with van der Waals surface area (Å²) in [4.78, 5) is 0. The van der Waals surface area contributed by atoms with Crippen LogP contribution in [-0.2, 0) is 0 Å². The molecule has 0 atom stereocenters. The summed E-state index contributed by atoms with van der Waals surface area (Å²) in [6.45, 7) is 11.5. The Labute approximate surface area is 99.3 Å². The maximum Gasteiger partial charge on any atom is 0.00942 e. The summed E-state index contributed by atoms with van der Waals surface area (Å²) < 4.78 is 0. The van der Waals surface area contributed by atoms with Crippen molar-refractivity contribution in [1.82, 2.24) is 5.32 Å². The first-order valence-corrected chi connectivity index (χ1v) is 6.44. The Morgan fingerprint density at radius 1 is 1.00 bits per heavy atom. The third-order valence-electron chi connectivity index (χ3n) is 3.61. The van der Waals surface area contributed by atoms with E-state index in [-0.39, 0.29) is 0 Å². The first kappa shape index (κ1) is 11.7. The molecule has 1 nitrogen and oxygen atoms in total. The predicted octanol–water partition coefficient (Wildman–Crippen LogP) is 3.62. The van der Waals surface area contributed by atoms with Crippen molar-refractivity contribution in [1.29, 1.82) is 0 Å². The van der Waals surface area contributed by atoms with E-state index in [2.05, 4.69) is 51.2 Å². The van der Waals surface area contributed by atoms with Crippen LogP contribution < -0.4 is 5.32 Å². The molecule has 1 aliphatic heterocycles. The lowest BCUT2D eigenvalue weighted by molar-refractivity contribution is 0.440. The largest absolute Gasteiger partial charge is 0.315 e. The molecule has 0 aromatic heterocycles. The molecule has 1 aromatic carbocycles. The van der Waals surface area contributed by atoms with E-state index >= 15 is 0 Å². The van der Waals surface area contributed by atoms with Crippen LogP contribution in [0, 0.1) is 0 Å². The number of nitrogens with one attached hydrogen (secondary N) is 1. The molecule has 0 spiro atoms. The molecule has 1 N–H and O–H groups in total. The molecule has 1 aromatic rings. The van der Waals surface area contributed by atoms with Crippen LogP contribution >= 0.6 is 0 Å². The monoisotopic (exact) mass is 217 g/mol. The molecule has 0 saturated carbocycles. The van der Waals surface area contributed by atoms with E-state index < -0.39 is 0 Å². The van der Waals surface area contributed by atoms with Crippen LogP contribution in [0.25, 0.3) is 0 Å². The Morgan fingerprint density at radius 3 is 1.81 bits per heavy atom. The standard InChI is InChI=1S/C15H23N/c1-10(2)13-6-5-7-14(11(3)4)15(13)12-8-16-9-12/h5-7,10-12,16H,8-9H2,1-4H3. The Hall–Kier alpha value is -0.820. The molecule has 0 aliphatic carbocycles. The zero-order chi connectivity index (χ0) is 11.7. The topological polar surface area (TPSA) is 12.0 Å². The van der Waals surface area contributed by atoms with E-state index in [1.807, 2.05) is 0 Å². The first-order valence-electron chi connectivity index (χ1n) is 6.44. The third kappa shape index (κ3) is 2.01. The van der Waals surface area contributed by atoms with Gasteiger partial charge in [0.1, 0.15) is 0 Å². The second kappa shape index (κ2) is 4.58. The fourth-order valence-corrected chi connectivity index (χ4v) is 2.57. The molecule has 0 unspecified atom stereocenters. The summed E-state index contributed by atoms with van der Waals surface area (Å²) in [5.41, 5.74) is 4.74. The summed E-state index contributed by atoms with van der Waals surface area (Å²) in [5.74, 6) is 2.01. The highest BCUT2D eigenvalue weighted by molar-refractivity contribution is 5.42. The van der Waals surface area contributed by atoms with Gasteiger partial charge >= 0.3 is 0 Å². The van der Waals surface area contributed by atoms with E-state index in [4.69, 9.17) is 0 Å². The fourth-order valence-electron chi connectivity index (χ4n) is 2.57. The number of hydrogen-bond donors (Lipinski definition) is 1. The van der Waals surface area contributed by atoms with Crippen LogP contribution in [0.2, 0.25) is 0 Å². The van der Waals surface area contributed by atoms with Gasteiger partial charge in [-0.2, -0.15) is 0 Å². The number of hydrogen-bond acceptors (Lipinski definition) is 1. The highest BCUT2D eigenvalue weighted by Crippen LogP contribution is 2.34. The second-order valence-electron chi connectivity index (χ2n) is 5.51. The van der Waals surface area contributed by atoms with Gasteiger partial charge in [-0.15, -0.1) is 0 Å². The third-order valence-corrected chi connectivity index (χ3v) is 3.61. The Balaban J connectivity index is 2.48. The lowest BCUT2D eigenvalue weighted by atomic mass is 9.80. The predicted molar refractivity (Wildman–Crippen MR) is 70.2 cm³/mol. The van der Waals surface area contributed by atoms with Crippen LogP contribution in [-0.4, -0.2) is 13.1 Å². The first-order chi connectivity index (χ1) is 7.61. The van der Waals surface area contributed by atoms with Gasteiger partial charge in [0.15, 0.2) is 0 Å². The van der Waals surface area contributed by atoms with Gasteiger partial charge in [-0.25, -0.2) is 0 Å². The highest BCUT2D eigenvalue weighted by atomic mass is 14.9. The molecular formula is C15H23N. The van der Waals surface area contributed by atoms with Crippen molar-refractivity contribution in [3.63, 3.8) is 0 Å². The van der Waals surface area contributed by atoms with Gasteiger partial charge in [0, 0.05) is 19.0 Å². The molecule has 16 heavy (non-hydrogen) atoms. The molecule has 1 heterocycles. The second-order valence-corrected chi connectivity index (χ2v) is 5.51. The fraction of sp³-hybridized carbons (Fsp3) is 0.600. The van der Waals surface area contributed by atoms with Crippen molar-refractivity contribution in [2.75, 3.05) is 13.1 Å². The van der Waals surface area contributed by atoms with E-state index in [0.717, 1.165) is 19.0 Å². The van der Waals surface area contributed by atoms with Crippen molar-refractivity contribution in [3.05, 3.63) is 34.9 Å². The molecule has 1 heteroatoms. The summed E-state index contributed by atoms with van der Waals surface area (Å²) in [5, 5.41) is 3.39. The molecule has 1 aliphatic rings. The van der Waals surface area contributed by atoms with Crippen LogP contribution in [0.15, 0.2) is 18.2 Å². The lowest BCUT2D eigenvalue weighted by Gasteiger charge is -2.33. The van der Waals surface area contributed by atoms with Gasteiger partial charge in [0.2, 0.25) is 0 Å². The van der Waals surface area contributed by atoms with Gasteiger partial charge in [-0.1, -0.05) is 45.9 Å². The number of rotatable bonds is 3. The minimum Gasteiger partial charge on any atom is -0.315 e. The van der Waals surface area contributed by atoms with Crippen molar-refractivity contribution >= 4 is 0 Å². The van der Waals surface area contributed by atoms with E-state index in [1.165, 1.54) is 0 Å². The summed E-state index contributed by atoms with van der Waals surface area (Å²) in [7, 11) is 0. The van der Waals surface area contributed by atoms with Crippen molar-refractivity contribution in [2.45, 2.75) is 45.4 Å². The Kier molecular flexibility index (Phi) is 3.34. The van der Waals surface area contributed by atoms with Crippen LogP contribution in [0.1, 0.15) is 62.1 Å². The average Bonchev–Trinajstić information content (AvgIpc) is 2.14. The zero-order valence-electron chi connectivity index (χ0n) is 10.9. The zero-order valence-corrected chi connectivity index (χ0v) is 10.9. The smallest absolute Gasteiger partial charge is 0.00942 e. The van der Waals surface area contributed by atoms with Gasteiger partial charge in [0.25, 0.3) is 0 Å². The van der Waals surface area contributed by atoms with E-state index in [0.29, 0.717) is 11.8 Å². The number of benzene rings is 1. The van der Waals surface area contributed by atoms with Gasteiger partial charge in [0.05, 0.1) is 0 Å². The molecule has 0 amide bonds. The van der Waals surface area contributed by atoms with Crippen molar-refractivity contribution in [3.8, 4) is 0 Å². The minimum absolute atomic E-state index is 0.634. The molecule has 1 fully saturated rings. The summed E-state index contributed by atoms with van der Waals surface area (Å²) >= 11 is 0. The molecule has 0 bridgehead atoms. The lowest BCUT2D eigenvalue weighted by Crippen LogP contribution is -2.41. The van der Waals surface area contributed by atoms with Crippen molar-refractivity contribution in [2.24, 2.45) is 0 Å². The maximum atomic E-state index is 3.39. The highest BCUT2D eigenvalue weighted by Gasteiger charge is 2.25. The Bertz CT molecular complexity index is 335. The Morgan fingerprint density at radius 2 is 1.50 bits per heavy atom. The quantitative estimate of drug-likeness (QED) is 0.815. The van der Waals surface area contributed by atoms with Gasteiger partial charge in [-0.3, -0.25) is 0 Å². The normalized spacial score (nSPS) is 16.9. The van der Waals surface area contributed by atoms with Gasteiger partial charge < -0.3 is 5.32 Å². The van der Waals surface area contributed by atoms with Crippen LogP contribution in [0.4, 0.5) is 0 Å².